The number of esters is 1. The molecule has 5 rings (SSSR count). The van der Waals surface area contributed by atoms with Crippen LogP contribution in [0.15, 0.2) is 65.4 Å². The first kappa shape index (κ1) is 26.5. The number of aryl methyl sites for hydroxylation is 1. The number of amides is 1. The van der Waals surface area contributed by atoms with E-state index in [0.29, 0.717) is 16.6 Å². The van der Waals surface area contributed by atoms with Crippen LogP contribution in [0.1, 0.15) is 49.5 Å². The second kappa shape index (κ2) is 10.9. The molecule has 1 saturated carbocycles. The first-order chi connectivity index (χ1) is 18.3. The molecule has 1 atom stereocenters. The van der Waals surface area contributed by atoms with Crippen LogP contribution in [0.3, 0.4) is 0 Å². The molecule has 38 heavy (non-hydrogen) atoms. The summed E-state index contributed by atoms with van der Waals surface area (Å²) in [5.41, 5.74) is 6.32. The minimum atomic E-state index is -0.522. The van der Waals surface area contributed by atoms with Gasteiger partial charge in [-0.25, -0.2) is 4.79 Å². The molecule has 0 aliphatic heterocycles. The minimum Gasteiger partial charge on any atom is -0.465 e. The van der Waals surface area contributed by atoms with Crippen molar-refractivity contribution in [3.05, 3.63) is 86.4 Å². The summed E-state index contributed by atoms with van der Waals surface area (Å²) in [7, 11) is 0. The van der Waals surface area contributed by atoms with Gasteiger partial charge in [0, 0.05) is 5.56 Å². The summed E-state index contributed by atoms with van der Waals surface area (Å²) >= 11 is 9.32. The maximum absolute atomic E-state index is 12.6. The van der Waals surface area contributed by atoms with Crippen LogP contribution in [0.2, 0.25) is 4.34 Å². The fourth-order valence-corrected chi connectivity index (χ4v) is 6.74. The van der Waals surface area contributed by atoms with Gasteiger partial charge in [0.05, 0.1) is 26.9 Å². The zero-order valence-electron chi connectivity index (χ0n) is 21.4. The molecule has 1 fully saturated rings. The van der Waals surface area contributed by atoms with Gasteiger partial charge in [0.2, 0.25) is 0 Å². The van der Waals surface area contributed by atoms with Crippen LogP contribution in [-0.4, -0.2) is 18.7 Å². The molecule has 2 aromatic carbocycles. The van der Waals surface area contributed by atoms with Crippen molar-refractivity contribution in [1.29, 1.82) is 0 Å². The normalized spacial score (nSPS) is 14.5. The van der Waals surface area contributed by atoms with Crippen LogP contribution in [0.4, 0.5) is 10.5 Å². The fraction of sp³-hybridized carbons (Fsp3) is 0.267. The molecule has 2 heterocycles. The molecule has 1 N–H and O–H groups in total. The Morgan fingerprint density at radius 3 is 2.24 bits per heavy atom. The standard InChI is InChI=1S/C30H28ClNO4S2/c1-4-35-28(33)30(13-14-30)23-11-9-21(10-12-23)20-5-7-22(8-6-20)27-25(15-26(31)38-27)32-29(34)36-19(3)24-17-37-16-18(24)2/h5-12,15-17,19H,4,13-14H2,1-3H3,(H,32,34). The van der Waals surface area contributed by atoms with E-state index in [9.17, 15) is 9.59 Å². The van der Waals surface area contributed by atoms with Crippen molar-refractivity contribution >= 4 is 52.0 Å². The Kier molecular flexibility index (Phi) is 7.61. The molecular formula is C30H28ClNO4S2. The van der Waals surface area contributed by atoms with Gasteiger partial charge in [-0.3, -0.25) is 10.1 Å². The Morgan fingerprint density at radius 1 is 1.03 bits per heavy atom. The number of hydrogen-bond donors (Lipinski definition) is 1. The van der Waals surface area contributed by atoms with Gasteiger partial charge in [0.15, 0.2) is 0 Å². The van der Waals surface area contributed by atoms with Gasteiger partial charge < -0.3 is 9.47 Å². The zero-order chi connectivity index (χ0) is 26.9. The summed E-state index contributed by atoms with van der Waals surface area (Å²) in [6, 6.07) is 18.0. The Hall–Kier alpha value is -3.13. The van der Waals surface area contributed by atoms with E-state index >= 15 is 0 Å². The predicted octanol–water partition coefficient (Wildman–Crippen LogP) is 9.01. The van der Waals surface area contributed by atoms with E-state index in [-0.39, 0.29) is 12.1 Å². The van der Waals surface area contributed by atoms with Crippen molar-refractivity contribution in [2.45, 2.75) is 45.1 Å². The molecule has 1 aliphatic rings. The number of anilines is 1. The number of halogens is 1. The van der Waals surface area contributed by atoms with Gasteiger partial charge in [-0.15, -0.1) is 11.3 Å². The van der Waals surface area contributed by atoms with Crippen LogP contribution >= 0.6 is 34.3 Å². The molecule has 8 heteroatoms. The number of rotatable bonds is 8. The summed E-state index contributed by atoms with van der Waals surface area (Å²) in [6.45, 7) is 6.10. The van der Waals surface area contributed by atoms with Crippen LogP contribution in [0.25, 0.3) is 21.6 Å². The van der Waals surface area contributed by atoms with Crippen molar-refractivity contribution in [2.75, 3.05) is 11.9 Å². The molecule has 5 nitrogen and oxygen atoms in total. The van der Waals surface area contributed by atoms with Gasteiger partial charge in [0.25, 0.3) is 0 Å². The molecule has 1 amide bonds. The van der Waals surface area contributed by atoms with E-state index in [0.717, 1.165) is 51.1 Å². The first-order valence-electron chi connectivity index (χ1n) is 12.5. The summed E-state index contributed by atoms with van der Waals surface area (Å²) in [4.78, 5) is 25.9. The summed E-state index contributed by atoms with van der Waals surface area (Å²) in [5.74, 6) is -0.129. The highest BCUT2D eigenvalue weighted by Crippen LogP contribution is 2.49. The Balaban J connectivity index is 1.29. The molecule has 4 aromatic rings. The third-order valence-corrected chi connectivity index (χ3v) is 9.08. The van der Waals surface area contributed by atoms with Crippen molar-refractivity contribution in [3.8, 4) is 21.6 Å². The number of carbonyl (C=O) groups is 2. The third-order valence-electron chi connectivity index (χ3n) is 6.89. The average Bonchev–Trinajstić information content (AvgIpc) is 3.48. The van der Waals surface area contributed by atoms with Crippen LogP contribution in [0.5, 0.6) is 0 Å². The van der Waals surface area contributed by atoms with E-state index in [4.69, 9.17) is 21.1 Å². The third kappa shape index (κ3) is 5.37. The second-order valence-corrected chi connectivity index (χ2v) is 11.9. The smallest absolute Gasteiger partial charge is 0.412 e. The van der Waals surface area contributed by atoms with E-state index < -0.39 is 11.5 Å². The highest BCUT2D eigenvalue weighted by atomic mass is 35.5. The average molecular weight is 566 g/mol. The first-order valence-corrected chi connectivity index (χ1v) is 14.6. The molecule has 0 spiro atoms. The molecule has 0 radical (unpaired) electrons. The van der Waals surface area contributed by atoms with Gasteiger partial charge in [-0.05, 0) is 78.3 Å². The maximum atomic E-state index is 12.6. The lowest BCUT2D eigenvalue weighted by Crippen LogP contribution is -2.23. The van der Waals surface area contributed by atoms with Crippen molar-refractivity contribution in [3.63, 3.8) is 0 Å². The Morgan fingerprint density at radius 2 is 1.66 bits per heavy atom. The Labute approximate surface area is 235 Å². The monoisotopic (exact) mass is 565 g/mol. The number of ether oxygens (including phenoxy) is 2. The predicted molar refractivity (Wildman–Crippen MR) is 155 cm³/mol. The highest BCUT2D eigenvalue weighted by molar-refractivity contribution is 7.20. The molecule has 0 saturated heterocycles. The molecule has 1 unspecified atom stereocenters. The lowest BCUT2D eigenvalue weighted by atomic mass is 9.93. The van der Waals surface area contributed by atoms with Gasteiger partial charge in [-0.1, -0.05) is 60.1 Å². The van der Waals surface area contributed by atoms with Crippen LogP contribution in [-0.2, 0) is 19.7 Å². The van der Waals surface area contributed by atoms with Gasteiger partial charge >= 0.3 is 12.1 Å². The van der Waals surface area contributed by atoms with Gasteiger partial charge in [0.1, 0.15) is 6.10 Å². The number of nitrogens with one attached hydrogen (secondary N) is 1. The molecule has 1 aliphatic carbocycles. The van der Waals surface area contributed by atoms with E-state index in [1.165, 1.54) is 11.3 Å². The maximum Gasteiger partial charge on any atom is 0.412 e. The number of hydrogen-bond acceptors (Lipinski definition) is 6. The van der Waals surface area contributed by atoms with E-state index in [1.807, 2.05) is 80.1 Å². The van der Waals surface area contributed by atoms with Crippen molar-refractivity contribution in [1.82, 2.24) is 0 Å². The van der Waals surface area contributed by atoms with Crippen LogP contribution in [0, 0.1) is 6.92 Å². The summed E-state index contributed by atoms with van der Waals surface area (Å²) < 4.78 is 11.5. The molecule has 2 aromatic heterocycles. The van der Waals surface area contributed by atoms with E-state index in [2.05, 4.69) is 5.32 Å². The van der Waals surface area contributed by atoms with Crippen molar-refractivity contribution in [2.24, 2.45) is 0 Å². The topological polar surface area (TPSA) is 64.6 Å². The Bertz CT molecular complexity index is 1450. The summed E-state index contributed by atoms with van der Waals surface area (Å²) in [6.07, 6.45) is 0.794. The van der Waals surface area contributed by atoms with Crippen LogP contribution < -0.4 is 5.32 Å². The zero-order valence-corrected chi connectivity index (χ0v) is 23.8. The lowest BCUT2D eigenvalue weighted by Gasteiger charge is -2.15. The van der Waals surface area contributed by atoms with Crippen molar-refractivity contribution < 1.29 is 19.1 Å². The number of thiophene rings is 2. The minimum absolute atomic E-state index is 0.129. The SMILES string of the molecule is CCOC(=O)C1(c2ccc(-c3ccc(-c4sc(Cl)cc4NC(=O)OC(C)c4cscc4C)cc3)cc2)CC1. The number of carbonyl (C=O) groups excluding carboxylic acids is 2. The molecular weight excluding hydrogens is 538 g/mol. The highest BCUT2D eigenvalue weighted by Gasteiger charge is 2.52. The lowest BCUT2D eigenvalue weighted by molar-refractivity contribution is -0.146. The quantitative estimate of drug-likeness (QED) is 0.216. The molecule has 0 bridgehead atoms. The van der Waals surface area contributed by atoms with Gasteiger partial charge in [-0.2, -0.15) is 11.3 Å². The largest absolute Gasteiger partial charge is 0.465 e. The fourth-order valence-electron chi connectivity index (χ4n) is 4.62. The second-order valence-electron chi connectivity index (χ2n) is 9.43. The summed E-state index contributed by atoms with van der Waals surface area (Å²) in [5, 5.41) is 6.90. The number of benzene rings is 2. The molecule has 196 valence electrons. The van der Waals surface area contributed by atoms with E-state index in [1.54, 1.807) is 17.4 Å².